The second-order valence-corrected chi connectivity index (χ2v) is 5.82. The van der Waals surface area contributed by atoms with Crippen molar-refractivity contribution < 1.29 is 14.3 Å². The zero-order valence-electron chi connectivity index (χ0n) is 10.7. The van der Waals surface area contributed by atoms with Crippen molar-refractivity contribution in [3.05, 3.63) is 56.5 Å². The number of methoxy groups -OCH3 is 1. The summed E-state index contributed by atoms with van der Waals surface area (Å²) >= 11 is 6.79. The third-order valence-electron chi connectivity index (χ3n) is 2.73. The Kier molecular flexibility index (Phi) is 5.20. The first kappa shape index (κ1) is 15.1. The number of hydrogen-bond donors (Lipinski definition) is 0. The van der Waals surface area contributed by atoms with Crippen LogP contribution in [0.2, 0.25) is 0 Å². The molecular weight excluding hydrogens is 388 g/mol. The second kappa shape index (κ2) is 6.90. The maximum absolute atomic E-state index is 11.0. The summed E-state index contributed by atoms with van der Waals surface area (Å²) in [5.74, 6) is 1.32. The van der Waals surface area contributed by atoms with Crippen molar-refractivity contribution in [1.82, 2.24) is 0 Å². The average Bonchev–Trinajstić information content (AvgIpc) is 2.47. The molecule has 0 saturated carbocycles. The van der Waals surface area contributed by atoms with Gasteiger partial charge in [0.1, 0.15) is 18.1 Å². The van der Waals surface area contributed by atoms with E-state index in [1.165, 1.54) is 0 Å². The molecule has 0 aliphatic rings. The zero-order chi connectivity index (χ0) is 14.5. The monoisotopic (exact) mass is 398 g/mol. The molecule has 0 aliphatic heterocycles. The molecular formula is C15H12Br2O3. The van der Waals surface area contributed by atoms with Gasteiger partial charge in [-0.15, -0.1) is 0 Å². The minimum atomic E-state index is 0.347. The van der Waals surface area contributed by atoms with Crippen molar-refractivity contribution in [2.24, 2.45) is 0 Å². The quantitative estimate of drug-likeness (QED) is 0.688. The Morgan fingerprint density at radius 2 is 1.95 bits per heavy atom. The lowest BCUT2D eigenvalue weighted by Crippen LogP contribution is -1.99. The van der Waals surface area contributed by atoms with E-state index < -0.39 is 0 Å². The number of hydrogen-bond acceptors (Lipinski definition) is 3. The van der Waals surface area contributed by atoms with E-state index in [1.807, 2.05) is 24.3 Å². The third-order valence-corrected chi connectivity index (χ3v) is 4.00. The van der Waals surface area contributed by atoms with Crippen molar-refractivity contribution in [3.63, 3.8) is 0 Å². The van der Waals surface area contributed by atoms with Crippen LogP contribution in [0, 0.1) is 0 Å². The summed E-state index contributed by atoms with van der Waals surface area (Å²) in [4.78, 5) is 11.0. The number of carbonyl (C=O) groups is 1. The highest BCUT2D eigenvalue weighted by molar-refractivity contribution is 9.10. The van der Waals surface area contributed by atoms with Crippen LogP contribution < -0.4 is 9.47 Å². The van der Waals surface area contributed by atoms with E-state index >= 15 is 0 Å². The van der Waals surface area contributed by atoms with E-state index in [1.54, 1.807) is 19.2 Å². The van der Waals surface area contributed by atoms with Crippen molar-refractivity contribution >= 4 is 38.1 Å². The van der Waals surface area contributed by atoms with Gasteiger partial charge in [0.05, 0.1) is 12.7 Å². The minimum Gasteiger partial charge on any atom is -0.497 e. The van der Waals surface area contributed by atoms with Gasteiger partial charge in [-0.25, -0.2) is 0 Å². The molecule has 0 unspecified atom stereocenters. The molecule has 0 radical (unpaired) electrons. The Balaban J connectivity index is 2.18. The summed E-state index contributed by atoms with van der Waals surface area (Å²) in [7, 11) is 1.62. The summed E-state index contributed by atoms with van der Waals surface area (Å²) in [6, 6.07) is 11.0. The molecule has 2 rings (SSSR count). The summed E-state index contributed by atoms with van der Waals surface area (Å²) < 4.78 is 12.7. The van der Waals surface area contributed by atoms with Crippen LogP contribution in [-0.2, 0) is 6.61 Å². The number of benzene rings is 2. The first-order valence-electron chi connectivity index (χ1n) is 5.84. The Morgan fingerprint density at radius 1 is 1.15 bits per heavy atom. The van der Waals surface area contributed by atoms with Gasteiger partial charge < -0.3 is 9.47 Å². The normalized spacial score (nSPS) is 10.2. The molecule has 0 aliphatic carbocycles. The summed E-state index contributed by atoms with van der Waals surface area (Å²) in [5.41, 5.74) is 1.46. The van der Waals surface area contributed by atoms with E-state index in [0.29, 0.717) is 17.9 Å². The third kappa shape index (κ3) is 3.61. The molecule has 20 heavy (non-hydrogen) atoms. The van der Waals surface area contributed by atoms with Crippen molar-refractivity contribution in [2.75, 3.05) is 7.11 Å². The average molecular weight is 400 g/mol. The van der Waals surface area contributed by atoms with Crippen molar-refractivity contribution in [3.8, 4) is 11.5 Å². The number of ether oxygens (including phenoxy) is 2. The maximum Gasteiger partial charge on any atom is 0.153 e. The predicted molar refractivity (Wildman–Crippen MR) is 84.6 cm³/mol. The SMILES string of the molecule is COc1ccc(Br)c(COc2ccc(Br)cc2C=O)c1. The van der Waals surface area contributed by atoms with E-state index in [9.17, 15) is 4.79 Å². The molecule has 0 atom stereocenters. The number of aldehydes is 1. The van der Waals surface area contributed by atoms with Crippen LogP contribution in [0.4, 0.5) is 0 Å². The summed E-state index contributed by atoms with van der Waals surface area (Å²) in [5, 5.41) is 0. The smallest absolute Gasteiger partial charge is 0.153 e. The van der Waals surface area contributed by atoms with Gasteiger partial charge in [-0.2, -0.15) is 0 Å². The predicted octanol–water partition coefficient (Wildman–Crippen LogP) is 4.61. The van der Waals surface area contributed by atoms with Crippen LogP contribution in [0.3, 0.4) is 0 Å². The van der Waals surface area contributed by atoms with Crippen molar-refractivity contribution in [1.29, 1.82) is 0 Å². The molecule has 0 aromatic heterocycles. The fraction of sp³-hybridized carbons (Fsp3) is 0.133. The lowest BCUT2D eigenvalue weighted by atomic mass is 10.2. The van der Waals surface area contributed by atoms with Crippen LogP contribution in [0.25, 0.3) is 0 Å². The molecule has 2 aromatic carbocycles. The van der Waals surface area contributed by atoms with Crippen LogP contribution in [0.5, 0.6) is 11.5 Å². The highest BCUT2D eigenvalue weighted by Gasteiger charge is 2.07. The number of halogens is 2. The molecule has 0 fully saturated rings. The van der Waals surface area contributed by atoms with Gasteiger partial charge in [0.25, 0.3) is 0 Å². The molecule has 0 N–H and O–H groups in total. The van der Waals surface area contributed by atoms with Gasteiger partial charge in [0.2, 0.25) is 0 Å². The number of carbonyl (C=O) groups excluding carboxylic acids is 1. The number of rotatable bonds is 5. The standard InChI is InChI=1S/C15H12Br2O3/c1-19-13-3-4-14(17)11(7-13)9-20-15-5-2-12(16)6-10(15)8-18/h2-8H,9H2,1H3. The molecule has 3 nitrogen and oxygen atoms in total. The fourth-order valence-electron chi connectivity index (χ4n) is 1.69. The Bertz CT molecular complexity index is 627. The van der Waals surface area contributed by atoms with Crippen molar-refractivity contribution in [2.45, 2.75) is 6.61 Å². The molecule has 0 heterocycles. The fourth-order valence-corrected chi connectivity index (χ4v) is 2.43. The Hall–Kier alpha value is -1.33. The maximum atomic E-state index is 11.0. The van der Waals surface area contributed by atoms with Gasteiger partial charge in [-0.05, 0) is 36.4 Å². The molecule has 0 spiro atoms. The van der Waals surface area contributed by atoms with E-state index in [-0.39, 0.29) is 0 Å². The van der Waals surface area contributed by atoms with Crippen LogP contribution in [0.15, 0.2) is 45.3 Å². The molecule has 0 amide bonds. The summed E-state index contributed by atoms with van der Waals surface area (Å²) in [6.45, 7) is 0.347. The first-order chi connectivity index (χ1) is 9.63. The lowest BCUT2D eigenvalue weighted by molar-refractivity contribution is 0.111. The van der Waals surface area contributed by atoms with Crippen LogP contribution in [-0.4, -0.2) is 13.4 Å². The Labute approximate surface area is 134 Å². The van der Waals surface area contributed by atoms with Gasteiger partial charge in [-0.1, -0.05) is 31.9 Å². The van der Waals surface area contributed by atoms with Gasteiger partial charge in [0, 0.05) is 14.5 Å². The van der Waals surface area contributed by atoms with Crippen LogP contribution >= 0.6 is 31.9 Å². The van der Waals surface area contributed by atoms with E-state index in [0.717, 1.165) is 26.5 Å². The first-order valence-corrected chi connectivity index (χ1v) is 7.42. The second-order valence-electron chi connectivity index (χ2n) is 4.05. The molecule has 2 aromatic rings. The van der Waals surface area contributed by atoms with E-state index in [4.69, 9.17) is 9.47 Å². The molecule has 5 heteroatoms. The van der Waals surface area contributed by atoms with Gasteiger partial charge in [-0.3, -0.25) is 4.79 Å². The molecule has 104 valence electrons. The largest absolute Gasteiger partial charge is 0.497 e. The van der Waals surface area contributed by atoms with Crippen LogP contribution in [0.1, 0.15) is 15.9 Å². The minimum absolute atomic E-state index is 0.347. The summed E-state index contributed by atoms with van der Waals surface area (Å²) in [6.07, 6.45) is 0.778. The van der Waals surface area contributed by atoms with E-state index in [2.05, 4.69) is 31.9 Å². The highest BCUT2D eigenvalue weighted by atomic mass is 79.9. The van der Waals surface area contributed by atoms with Gasteiger partial charge >= 0.3 is 0 Å². The Morgan fingerprint density at radius 3 is 2.65 bits per heavy atom. The lowest BCUT2D eigenvalue weighted by Gasteiger charge is -2.11. The highest BCUT2D eigenvalue weighted by Crippen LogP contribution is 2.26. The molecule has 0 saturated heterocycles. The zero-order valence-corrected chi connectivity index (χ0v) is 13.9. The van der Waals surface area contributed by atoms with Gasteiger partial charge in [0.15, 0.2) is 6.29 Å². The topological polar surface area (TPSA) is 35.5 Å². The molecule has 0 bridgehead atoms.